The van der Waals surface area contributed by atoms with Gasteiger partial charge in [0.1, 0.15) is 16.4 Å². The third-order valence-corrected chi connectivity index (χ3v) is 5.61. The maximum absolute atomic E-state index is 12.5. The minimum Gasteiger partial charge on any atom is -0.497 e. The predicted molar refractivity (Wildman–Crippen MR) is 119 cm³/mol. The summed E-state index contributed by atoms with van der Waals surface area (Å²) >= 11 is 7.19. The third-order valence-electron chi connectivity index (χ3n) is 4.35. The van der Waals surface area contributed by atoms with Crippen molar-refractivity contribution in [3.05, 3.63) is 70.1 Å². The first-order valence-corrected chi connectivity index (χ1v) is 10.2. The van der Waals surface area contributed by atoms with Crippen molar-refractivity contribution in [2.75, 3.05) is 17.7 Å². The normalized spacial score (nSPS) is 10.7. The Bertz CT molecular complexity index is 1220. The number of H-pyrrole nitrogens is 1. The van der Waals surface area contributed by atoms with Gasteiger partial charge in [-0.25, -0.2) is 0 Å². The van der Waals surface area contributed by atoms with E-state index < -0.39 is 0 Å². The standard InChI is InChI=1S/C21H17ClN4O3S/c1-29-15-7-5-12(6-8-15)9-18(27)24-19-16-11-17(30-21(16)26-25-19)20(28)23-14-4-2-3-13(22)10-14/h2-8,10-11H,9H2,1H3,(H,23,28)(H2,24,25,26,27). The van der Waals surface area contributed by atoms with Gasteiger partial charge in [-0.1, -0.05) is 29.8 Å². The Morgan fingerprint density at radius 2 is 1.93 bits per heavy atom. The second-order valence-corrected chi connectivity index (χ2v) is 7.93. The molecule has 9 heteroatoms. The number of nitrogens with zero attached hydrogens (tertiary/aromatic N) is 1. The van der Waals surface area contributed by atoms with Gasteiger partial charge in [0.15, 0.2) is 0 Å². The zero-order valence-electron chi connectivity index (χ0n) is 15.9. The highest BCUT2D eigenvalue weighted by Gasteiger charge is 2.17. The summed E-state index contributed by atoms with van der Waals surface area (Å²) in [6.45, 7) is 0. The molecule has 0 radical (unpaired) electrons. The van der Waals surface area contributed by atoms with E-state index in [0.29, 0.717) is 31.6 Å². The Balaban J connectivity index is 1.45. The fourth-order valence-corrected chi connectivity index (χ4v) is 3.97. The number of aromatic amines is 1. The number of methoxy groups -OCH3 is 1. The van der Waals surface area contributed by atoms with Crippen LogP contribution in [0.1, 0.15) is 15.2 Å². The molecule has 0 unspecified atom stereocenters. The number of hydrogen-bond donors (Lipinski definition) is 3. The van der Waals surface area contributed by atoms with Crippen molar-refractivity contribution >= 4 is 56.5 Å². The highest BCUT2D eigenvalue weighted by molar-refractivity contribution is 7.20. The molecule has 0 aliphatic carbocycles. The van der Waals surface area contributed by atoms with Crippen LogP contribution in [0, 0.1) is 0 Å². The number of benzene rings is 2. The number of nitrogens with one attached hydrogen (secondary N) is 3. The van der Waals surface area contributed by atoms with Crippen molar-refractivity contribution in [3.8, 4) is 5.75 Å². The Morgan fingerprint density at radius 3 is 2.67 bits per heavy atom. The molecule has 152 valence electrons. The molecule has 2 aromatic heterocycles. The number of aromatic nitrogens is 2. The minimum absolute atomic E-state index is 0.193. The maximum atomic E-state index is 12.5. The van der Waals surface area contributed by atoms with Crippen molar-refractivity contribution in [2.24, 2.45) is 0 Å². The van der Waals surface area contributed by atoms with Crippen LogP contribution in [-0.4, -0.2) is 29.1 Å². The van der Waals surface area contributed by atoms with Crippen molar-refractivity contribution in [1.82, 2.24) is 10.2 Å². The molecule has 2 aromatic carbocycles. The van der Waals surface area contributed by atoms with Crippen LogP contribution in [0.4, 0.5) is 11.5 Å². The van der Waals surface area contributed by atoms with E-state index in [2.05, 4.69) is 20.8 Å². The summed E-state index contributed by atoms with van der Waals surface area (Å²) in [5.74, 6) is 0.732. The van der Waals surface area contributed by atoms with E-state index in [1.165, 1.54) is 11.3 Å². The van der Waals surface area contributed by atoms with Gasteiger partial charge in [0.05, 0.1) is 23.8 Å². The molecule has 0 spiro atoms. The van der Waals surface area contributed by atoms with E-state index in [-0.39, 0.29) is 18.2 Å². The Morgan fingerprint density at radius 1 is 1.13 bits per heavy atom. The van der Waals surface area contributed by atoms with Gasteiger partial charge >= 0.3 is 0 Å². The predicted octanol–water partition coefficient (Wildman–Crippen LogP) is 4.72. The Hall–Kier alpha value is -3.36. The van der Waals surface area contributed by atoms with Gasteiger partial charge in [-0.15, -0.1) is 11.3 Å². The van der Waals surface area contributed by atoms with Crippen LogP contribution in [0.15, 0.2) is 54.6 Å². The van der Waals surface area contributed by atoms with Crippen molar-refractivity contribution in [1.29, 1.82) is 0 Å². The zero-order valence-corrected chi connectivity index (χ0v) is 17.4. The highest BCUT2D eigenvalue weighted by Crippen LogP contribution is 2.30. The number of thiophene rings is 1. The van der Waals surface area contributed by atoms with Crippen molar-refractivity contribution in [2.45, 2.75) is 6.42 Å². The molecule has 0 bridgehead atoms. The van der Waals surface area contributed by atoms with Crippen molar-refractivity contribution < 1.29 is 14.3 Å². The molecule has 7 nitrogen and oxygen atoms in total. The summed E-state index contributed by atoms with van der Waals surface area (Å²) in [5.41, 5.74) is 1.46. The molecule has 0 aliphatic rings. The number of amides is 2. The molecule has 3 N–H and O–H groups in total. The molecular weight excluding hydrogens is 424 g/mol. The lowest BCUT2D eigenvalue weighted by molar-refractivity contribution is -0.115. The van der Waals surface area contributed by atoms with Crippen LogP contribution in [0.5, 0.6) is 5.75 Å². The van der Waals surface area contributed by atoms with Gasteiger partial charge in [-0.2, -0.15) is 5.10 Å². The average Bonchev–Trinajstić information content (AvgIpc) is 3.31. The Kier molecular flexibility index (Phi) is 5.69. The van der Waals surface area contributed by atoms with Gasteiger partial charge in [-0.3, -0.25) is 14.7 Å². The zero-order chi connectivity index (χ0) is 21.1. The van der Waals surface area contributed by atoms with Crippen LogP contribution < -0.4 is 15.4 Å². The average molecular weight is 441 g/mol. The summed E-state index contributed by atoms with van der Waals surface area (Å²) in [7, 11) is 1.59. The van der Waals surface area contributed by atoms with Gasteiger partial charge < -0.3 is 15.4 Å². The van der Waals surface area contributed by atoms with Crippen LogP contribution in [-0.2, 0) is 11.2 Å². The molecule has 0 saturated heterocycles. The molecule has 0 fully saturated rings. The maximum Gasteiger partial charge on any atom is 0.265 e. The smallest absolute Gasteiger partial charge is 0.265 e. The molecule has 0 atom stereocenters. The summed E-state index contributed by atoms with van der Waals surface area (Å²) in [5, 5.41) is 13.8. The van der Waals surface area contributed by atoms with E-state index in [0.717, 1.165) is 11.3 Å². The second kappa shape index (κ2) is 8.56. The lowest BCUT2D eigenvalue weighted by atomic mass is 10.1. The van der Waals surface area contributed by atoms with Crippen LogP contribution in [0.25, 0.3) is 10.2 Å². The molecule has 2 heterocycles. The first kappa shape index (κ1) is 19.9. The highest BCUT2D eigenvalue weighted by atomic mass is 35.5. The van der Waals surface area contributed by atoms with Crippen molar-refractivity contribution in [3.63, 3.8) is 0 Å². The monoisotopic (exact) mass is 440 g/mol. The summed E-state index contributed by atoms with van der Waals surface area (Å²) in [6, 6.07) is 15.9. The SMILES string of the molecule is COc1ccc(CC(=O)Nc2[nH]nc3sc(C(=O)Nc4cccc(Cl)c4)cc23)cc1. The number of fused-ring (bicyclic) bond motifs is 1. The fourth-order valence-electron chi connectivity index (χ4n) is 2.89. The first-order valence-electron chi connectivity index (χ1n) is 8.99. The molecule has 4 rings (SSSR count). The number of anilines is 2. The summed E-state index contributed by atoms with van der Waals surface area (Å²) < 4.78 is 5.12. The van der Waals surface area contributed by atoms with Crippen LogP contribution in [0.3, 0.4) is 0 Å². The topological polar surface area (TPSA) is 96.1 Å². The molecule has 0 aliphatic heterocycles. The number of ether oxygens (including phenoxy) is 1. The molecule has 4 aromatic rings. The van der Waals surface area contributed by atoms with Gasteiger partial charge in [0.2, 0.25) is 5.91 Å². The number of halogens is 1. The number of hydrogen-bond acceptors (Lipinski definition) is 5. The molecule has 30 heavy (non-hydrogen) atoms. The van der Waals surface area contributed by atoms with Gasteiger partial charge in [-0.05, 0) is 42.0 Å². The largest absolute Gasteiger partial charge is 0.497 e. The van der Waals surface area contributed by atoms with E-state index in [1.807, 2.05) is 12.1 Å². The van der Waals surface area contributed by atoms with E-state index >= 15 is 0 Å². The number of carbonyl (C=O) groups is 2. The minimum atomic E-state index is -0.268. The summed E-state index contributed by atoms with van der Waals surface area (Å²) in [6.07, 6.45) is 0.205. The lowest BCUT2D eigenvalue weighted by Gasteiger charge is -2.05. The molecule has 0 saturated carbocycles. The number of rotatable bonds is 6. The lowest BCUT2D eigenvalue weighted by Crippen LogP contribution is -2.14. The quantitative estimate of drug-likeness (QED) is 0.404. The molecular formula is C21H17ClN4O3S. The van der Waals surface area contributed by atoms with E-state index in [9.17, 15) is 9.59 Å². The van der Waals surface area contributed by atoms with Gasteiger partial charge in [0, 0.05) is 10.7 Å². The Labute approximate surface area is 181 Å². The first-order chi connectivity index (χ1) is 14.5. The van der Waals surface area contributed by atoms with Gasteiger partial charge in [0.25, 0.3) is 5.91 Å². The second-order valence-electron chi connectivity index (χ2n) is 6.47. The van der Waals surface area contributed by atoms with Crippen LogP contribution >= 0.6 is 22.9 Å². The number of carbonyl (C=O) groups excluding carboxylic acids is 2. The third kappa shape index (κ3) is 4.45. The van der Waals surface area contributed by atoms with Crippen LogP contribution in [0.2, 0.25) is 5.02 Å². The fraction of sp³-hybridized carbons (Fsp3) is 0.0952. The molecule has 2 amide bonds. The summed E-state index contributed by atoms with van der Waals surface area (Å²) in [4.78, 5) is 26.1. The van der Waals surface area contributed by atoms with E-state index in [1.54, 1.807) is 49.6 Å². The van der Waals surface area contributed by atoms with E-state index in [4.69, 9.17) is 16.3 Å².